The van der Waals surface area contributed by atoms with E-state index in [9.17, 15) is 13.2 Å². The summed E-state index contributed by atoms with van der Waals surface area (Å²) in [6.45, 7) is 3.72. The fourth-order valence-electron chi connectivity index (χ4n) is 1.53. The summed E-state index contributed by atoms with van der Waals surface area (Å²) in [6.07, 6.45) is -0.659. The molecule has 0 aliphatic heterocycles. The molecule has 20 heavy (non-hydrogen) atoms. The van der Waals surface area contributed by atoms with Crippen LogP contribution in [0.3, 0.4) is 0 Å². The lowest BCUT2D eigenvalue weighted by Gasteiger charge is -2.20. The highest BCUT2D eigenvalue weighted by molar-refractivity contribution is 8.13. The quantitative estimate of drug-likeness (QED) is 0.818. The topological polar surface area (TPSA) is 72.5 Å². The Bertz CT molecular complexity index is 531. The van der Waals surface area contributed by atoms with Crippen LogP contribution in [0, 0.1) is 5.92 Å². The van der Waals surface area contributed by atoms with Crippen LogP contribution in [0.4, 0.5) is 4.79 Å². The van der Waals surface area contributed by atoms with Gasteiger partial charge in [0.2, 0.25) is 9.05 Å². The van der Waals surface area contributed by atoms with Crippen molar-refractivity contribution in [2.24, 2.45) is 5.92 Å². The van der Waals surface area contributed by atoms with Crippen molar-refractivity contribution in [1.82, 2.24) is 5.32 Å². The van der Waals surface area contributed by atoms with E-state index in [-0.39, 0.29) is 18.3 Å². The molecule has 1 aromatic rings. The van der Waals surface area contributed by atoms with E-state index in [2.05, 4.69) is 5.32 Å². The molecule has 0 heterocycles. The molecule has 0 radical (unpaired) electrons. The van der Waals surface area contributed by atoms with Gasteiger partial charge < -0.3 is 10.1 Å². The van der Waals surface area contributed by atoms with Crippen molar-refractivity contribution in [2.75, 3.05) is 5.75 Å². The van der Waals surface area contributed by atoms with E-state index >= 15 is 0 Å². The van der Waals surface area contributed by atoms with Crippen molar-refractivity contribution >= 4 is 25.8 Å². The molecular weight excluding hydrogens is 302 g/mol. The van der Waals surface area contributed by atoms with Crippen LogP contribution in [-0.2, 0) is 20.4 Å². The maximum absolute atomic E-state index is 11.6. The van der Waals surface area contributed by atoms with E-state index in [4.69, 9.17) is 15.4 Å². The van der Waals surface area contributed by atoms with E-state index < -0.39 is 21.2 Å². The summed E-state index contributed by atoms with van der Waals surface area (Å²) in [7, 11) is 1.53. The van der Waals surface area contributed by atoms with Crippen molar-refractivity contribution < 1.29 is 17.9 Å². The first-order chi connectivity index (χ1) is 9.28. The number of rotatable bonds is 6. The second-order valence-corrected chi connectivity index (χ2v) is 7.58. The van der Waals surface area contributed by atoms with Crippen LogP contribution < -0.4 is 5.32 Å². The molecular formula is C13H18ClNO4S. The van der Waals surface area contributed by atoms with Gasteiger partial charge in [-0.05, 0) is 11.5 Å². The van der Waals surface area contributed by atoms with Gasteiger partial charge >= 0.3 is 6.09 Å². The first-order valence-corrected chi connectivity index (χ1v) is 8.65. The average molecular weight is 320 g/mol. The number of carbonyl (C=O) groups excluding carboxylic acids is 1. The van der Waals surface area contributed by atoms with Crippen LogP contribution in [0.25, 0.3) is 0 Å². The molecule has 0 aliphatic carbocycles. The van der Waals surface area contributed by atoms with E-state index in [1.165, 1.54) is 0 Å². The third-order valence-corrected chi connectivity index (χ3v) is 3.83. The van der Waals surface area contributed by atoms with Gasteiger partial charge in [-0.2, -0.15) is 0 Å². The Balaban J connectivity index is 2.50. The molecule has 0 fully saturated rings. The number of benzene rings is 1. The number of hydrogen-bond acceptors (Lipinski definition) is 4. The van der Waals surface area contributed by atoms with Gasteiger partial charge in [-0.25, -0.2) is 13.2 Å². The Morgan fingerprint density at radius 2 is 1.90 bits per heavy atom. The number of hydrogen-bond donors (Lipinski definition) is 1. The summed E-state index contributed by atoms with van der Waals surface area (Å²) in [4.78, 5) is 11.6. The van der Waals surface area contributed by atoms with Crippen molar-refractivity contribution in [2.45, 2.75) is 26.5 Å². The molecule has 1 unspecified atom stereocenters. The van der Waals surface area contributed by atoms with Gasteiger partial charge in [-0.3, -0.25) is 0 Å². The minimum atomic E-state index is -3.68. The normalized spacial score (nSPS) is 13.0. The monoisotopic (exact) mass is 319 g/mol. The second kappa shape index (κ2) is 7.50. The maximum Gasteiger partial charge on any atom is 0.407 e. The molecule has 1 rings (SSSR count). The lowest BCUT2D eigenvalue weighted by Crippen LogP contribution is -2.42. The minimum Gasteiger partial charge on any atom is -0.445 e. The van der Waals surface area contributed by atoms with Gasteiger partial charge in [0.1, 0.15) is 6.61 Å². The number of carbonyl (C=O) groups is 1. The molecule has 1 atom stereocenters. The van der Waals surface area contributed by atoms with Crippen LogP contribution in [-0.4, -0.2) is 26.3 Å². The summed E-state index contributed by atoms with van der Waals surface area (Å²) in [5.41, 5.74) is 0.855. The van der Waals surface area contributed by atoms with Crippen LogP contribution in [0.15, 0.2) is 30.3 Å². The highest BCUT2D eigenvalue weighted by Gasteiger charge is 2.22. The highest BCUT2D eigenvalue weighted by Crippen LogP contribution is 2.09. The molecule has 0 aromatic heterocycles. The molecule has 0 saturated carbocycles. The van der Waals surface area contributed by atoms with E-state index in [0.29, 0.717) is 0 Å². The SMILES string of the molecule is CC(C)C(CS(=O)(=O)Cl)NC(=O)OCc1ccccc1. The zero-order valence-corrected chi connectivity index (χ0v) is 12.9. The number of nitrogens with one attached hydrogen (secondary N) is 1. The standard InChI is InChI=1S/C13H18ClNO4S/c1-10(2)12(9-20(14,17)18)15-13(16)19-8-11-6-4-3-5-7-11/h3-7,10,12H,8-9H2,1-2H3,(H,15,16). The first-order valence-electron chi connectivity index (χ1n) is 6.17. The summed E-state index contributed by atoms with van der Waals surface area (Å²) >= 11 is 0. The third-order valence-electron chi connectivity index (χ3n) is 2.70. The first kappa shape index (κ1) is 16.8. The molecule has 0 aliphatic rings. The van der Waals surface area contributed by atoms with Gasteiger partial charge in [0.05, 0.1) is 5.75 Å². The minimum absolute atomic E-state index is 0.0761. The zero-order chi connectivity index (χ0) is 15.2. The predicted octanol–water partition coefficient (Wildman–Crippen LogP) is 2.51. The summed E-state index contributed by atoms with van der Waals surface area (Å²) in [5.74, 6) is -0.403. The van der Waals surface area contributed by atoms with Crippen LogP contribution >= 0.6 is 10.7 Å². The van der Waals surface area contributed by atoms with E-state index in [1.54, 1.807) is 13.8 Å². The number of ether oxygens (including phenoxy) is 1. The smallest absolute Gasteiger partial charge is 0.407 e. The molecule has 112 valence electrons. The van der Waals surface area contributed by atoms with E-state index in [0.717, 1.165) is 5.56 Å². The summed E-state index contributed by atoms with van der Waals surface area (Å²) in [5, 5.41) is 2.52. The highest BCUT2D eigenvalue weighted by atomic mass is 35.7. The summed E-state index contributed by atoms with van der Waals surface area (Å²) in [6, 6.07) is 8.62. The Hall–Kier alpha value is -1.27. The van der Waals surface area contributed by atoms with Gasteiger partial charge in [-0.1, -0.05) is 44.2 Å². The molecule has 1 aromatic carbocycles. The number of amides is 1. The Morgan fingerprint density at radius 3 is 2.40 bits per heavy atom. The van der Waals surface area contributed by atoms with Gasteiger partial charge in [0, 0.05) is 16.7 Å². The number of halogens is 1. The zero-order valence-electron chi connectivity index (χ0n) is 11.4. The largest absolute Gasteiger partial charge is 0.445 e. The molecule has 0 spiro atoms. The van der Waals surface area contributed by atoms with Crippen molar-refractivity contribution in [3.63, 3.8) is 0 Å². The van der Waals surface area contributed by atoms with Crippen molar-refractivity contribution in [3.05, 3.63) is 35.9 Å². The Morgan fingerprint density at radius 1 is 1.30 bits per heavy atom. The molecule has 7 heteroatoms. The van der Waals surface area contributed by atoms with Crippen LogP contribution in [0.2, 0.25) is 0 Å². The molecule has 1 N–H and O–H groups in total. The van der Waals surface area contributed by atoms with E-state index in [1.807, 2.05) is 30.3 Å². The van der Waals surface area contributed by atoms with Crippen molar-refractivity contribution in [1.29, 1.82) is 0 Å². The van der Waals surface area contributed by atoms with Crippen LogP contribution in [0.1, 0.15) is 19.4 Å². The van der Waals surface area contributed by atoms with Gasteiger partial charge in [0.25, 0.3) is 0 Å². The lowest BCUT2D eigenvalue weighted by atomic mass is 10.1. The summed E-state index contributed by atoms with van der Waals surface area (Å²) < 4.78 is 27.2. The number of alkyl carbamates (subject to hydrolysis) is 1. The Labute approximate surface area is 123 Å². The van der Waals surface area contributed by atoms with Gasteiger partial charge in [-0.15, -0.1) is 0 Å². The maximum atomic E-state index is 11.6. The predicted molar refractivity (Wildman–Crippen MR) is 78.0 cm³/mol. The average Bonchev–Trinajstić information content (AvgIpc) is 2.35. The van der Waals surface area contributed by atoms with Gasteiger partial charge in [0.15, 0.2) is 0 Å². The molecule has 1 amide bonds. The van der Waals surface area contributed by atoms with Crippen LogP contribution in [0.5, 0.6) is 0 Å². The molecule has 0 saturated heterocycles. The third kappa shape index (κ3) is 6.77. The molecule has 5 nitrogen and oxygen atoms in total. The fraction of sp³-hybridized carbons (Fsp3) is 0.462. The Kier molecular flexibility index (Phi) is 6.29. The molecule has 0 bridgehead atoms. The fourth-order valence-corrected chi connectivity index (χ4v) is 2.84. The lowest BCUT2D eigenvalue weighted by molar-refractivity contribution is 0.134. The van der Waals surface area contributed by atoms with Crippen molar-refractivity contribution in [3.8, 4) is 0 Å². The second-order valence-electron chi connectivity index (χ2n) is 4.76.